The summed E-state index contributed by atoms with van der Waals surface area (Å²) in [7, 11) is 1.25. The van der Waals surface area contributed by atoms with E-state index >= 15 is 0 Å². The number of likely N-dealkylation sites (N-methyl/N-ethyl adjacent to an activating group) is 1. The van der Waals surface area contributed by atoms with Gasteiger partial charge in [-0.3, -0.25) is 9.36 Å². The lowest BCUT2D eigenvalue weighted by Crippen LogP contribution is -2.37. The minimum absolute atomic E-state index is 0.00673. The van der Waals surface area contributed by atoms with Crippen molar-refractivity contribution in [2.45, 2.75) is 135 Å². The third-order valence-electron chi connectivity index (χ3n) is 6.67. The Balaban J connectivity index is 3.59. The molecule has 0 aromatic rings. The first-order chi connectivity index (χ1) is 18.1. The molecule has 0 rings (SSSR count). The summed E-state index contributed by atoms with van der Waals surface area (Å²) < 4.78 is 27.1. The fourth-order valence-electron chi connectivity index (χ4n) is 4.18. The van der Waals surface area contributed by atoms with Crippen LogP contribution in [0.25, 0.3) is 0 Å². The molecular formula is C29H60NO7P. The lowest BCUT2D eigenvalue weighted by atomic mass is 10.0. The van der Waals surface area contributed by atoms with Gasteiger partial charge in [-0.2, -0.15) is 0 Å². The molecular weight excluding hydrogens is 505 g/mol. The van der Waals surface area contributed by atoms with Gasteiger partial charge >= 0.3 is 5.97 Å². The Morgan fingerprint density at radius 2 is 1.18 bits per heavy atom. The van der Waals surface area contributed by atoms with Gasteiger partial charge in [-0.25, -0.2) is 0 Å². The number of esters is 1. The van der Waals surface area contributed by atoms with E-state index in [-0.39, 0.29) is 13.0 Å². The van der Waals surface area contributed by atoms with Gasteiger partial charge in [0.05, 0.1) is 34.4 Å². The molecule has 0 heterocycles. The molecule has 0 aromatic carbocycles. The van der Waals surface area contributed by atoms with E-state index < -0.39 is 33.1 Å². The number of nitrogens with zero attached hydrogens (tertiary/aromatic N) is 1. The predicted octanol–water partition coefficient (Wildman–Crippen LogP) is 6.53. The molecule has 0 fully saturated rings. The number of carbonyl (C=O) groups excluding carboxylic acids is 1. The zero-order valence-electron chi connectivity index (χ0n) is 25.1. The third kappa shape index (κ3) is 27.1. The van der Waals surface area contributed by atoms with Crippen molar-refractivity contribution < 1.29 is 37.6 Å². The monoisotopic (exact) mass is 565 g/mol. The van der Waals surface area contributed by atoms with Crippen LogP contribution in [-0.2, 0) is 23.1 Å². The topological polar surface area (TPSA) is 105 Å². The van der Waals surface area contributed by atoms with Gasteiger partial charge in [0.15, 0.2) is 0 Å². The smallest absolute Gasteiger partial charge is 0.306 e. The van der Waals surface area contributed by atoms with Crippen molar-refractivity contribution in [3.63, 3.8) is 0 Å². The summed E-state index contributed by atoms with van der Waals surface area (Å²) in [4.78, 5) is 23.9. The van der Waals surface area contributed by atoms with Crippen LogP contribution in [-0.4, -0.2) is 69.2 Å². The Morgan fingerprint density at radius 3 is 1.58 bits per heavy atom. The molecule has 1 unspecified atom stereocenters. The molecule has 1 N–H and O–H groups in total. The number of aliphatic hydroxyl groups excluding tert-OH is 1. The maximum Gasteiger partial charge on any atom is 0.306 e. The molecule has 0 bridgehead atoms. The zero-order valence-corrected chi connectivity index (χ0v) is 26.0. The molecule has 0 aliphatic heterocycles. The number of phosphoric ester groups is 1. The van der Waals surface area contributed by atoms with E-state index in [1.165, 1.54) is 96.3 Å². The van der Waals surface area contributed by atoms with Gasteiger partial charge in [0.2, 0.25) is 0 Å². The van der Waals surface area contributed by atoms with E-state index in [1.54, 1.807) is 0 Å². The van der Waals surface area contributed by atoms with Crippen molar-refractivity contribution in [2.24, 2.45) is 0 Å². The van der Waals surface area contributed by atoms with Crippen LogP contribution < -0.4 is 4.89 Å². The first-order valence-electron chi connectivity index (χ1n) is 15.3. The fourth-order valence-corrected chi connectivity index (χ4v) is 4.91. The molecule has 38 heavy (non-hydrogen) atoms. The van der Waals surface area contributed by atoms with Gasteiger partial charge < -0.3 is 28.3 Å². The van der Waals surface area contributed by atoms with Gasteiger partial charge in [0, 0.05) is 6.42 Å². The van der Waals surface area contributed by atoms with E-state index in [2.05, 4.69) is 6.92 Å². The molecule has 0 aromatic heterocycles. The van der Waals surface area contributed by atoms with Crippen LogP contribution in [0, 0.1) is 0 Å². The summed E-state index contributed by atoms with van der Waals surface area (Å²) in [6, 6.07) is 0. The Kier molecular flexibility index (Phi) is 24.0. The highest BCUT2D eigenvalue weighted by Gasteiger charge is 2.19. The van der Waals surface area contributed by atoms with Crippen molar-refractivity contribution in [2.75, 3.05) is 47.5 Å². The highest BCUT2D eigenvalue weighted by Crippen LogP contribution is 2.38. The number of carbonyl (C=O) groups is 1. The van der Waals surface area contributed by atoms with Crippen LogP contribution in [0.5, 0.6) is 0 Å². The average Bonchev–Trinajstić information content (AvgIpc) is 2.84. The van der Waals surface area contributed by atoms with E-state index in [9.17, 15) is 19.4 Å². The van der Waals surface area contributed by atoms with Crippen molar-refractivity contribution in [3.8, 4) is 0 Å². The molecule has 0 spiro atoms. The first-order valence-corrected chi connectivity index (χ1v) is 16.8. The van der Waals surface area contributed by atoms with Crippen molar-refractivity contribution in [3.05, 3.63) is 0 Å². The molecule has 8 nitrogen and oxygen atoms in total. The summed E-state index contributed by atoms with van der Waals surface area (Å²) >= 11 is 0. The quantitative estimate of drug-likeness (QED) is 0.0498. The minimum Gasteiger partial charge on any atom is -0.756 e. The van der Waals surface area contributed by atoms with E-state index in [0.717, 1.165) is 19.3 Å². The largest absolute Gasteiger partial charge is 0.756 e. The number of aliphatic hydroxyl groups is 1. The van der Waals surface area contributed by atoms with Crippen LogP contribution in [0.2, 0.25) is 0 Å². The number of quaternary nitrogens is 1. The number of ether oxygens (including phenoxy) is 1. The summed E-state index contributed by atoms with van der Waals surface area (Å²) in [5.74, 6) is -0.448. The third-order valence-corrected chi connectivity index (χ3v) is 7.63. The molecule has 9 heteroatoms. The Bertz CT molecular complexity index is 598. The molecule has 0 aliphatic carbocycles. The summed E-state index contributed by atoms with van der Waals surface area (Å²) in [5.41, 5.74) is 0. The van der Waals surface area contributed by atoms with Crippen LogP contribution in [0.3, 0.4) is 0 Å². The summed E-state index contributed by atoms with van der Waals surface area (Å²) in [5, 5.41) is 9.39. The normalized spacial score (nSPS) is 14.4. The summed E-state index contributed by atoms with van der Waals surface area (Å²) in [6.45, 7) is 1.79. The molecule has 0 saturated carbocycles. The van der Waals surface area contributed by atoms with Gasteiger partial charge in [0.25, 0.3) is 7.82 Å². The number of unbranched alkanes of at least 4 members (excludes halogenated alkanes) is 17. The first kappa shape index (κ1) is 37.5. The highest BCUT2D eigenvalue weighted by molar-refractivity contribution is 7.45. The fraction of sp³-hybridized carbons (Fsp3) is 0.966. The van der Waals surface area contributed by atoms with Crippen LogP contribution in [0.15, 0.2) is 0 Å². The summed E-state index contributed by atoms with van der Waals surface area (Å²) in [6.07, 6.45) is 22.3. The van der Waals surface area contributed by atoms with Crippen LogP contribution in [0.1, 0.15) is 129 Å². The van der Waals surface area contributed by atoms with E-state index in [1.807, 2.05) is 21.1 Å². The van der Waals surface area contributed by atoms with Crippen molar-refractivity contribution in [1.29, 1.82) is 0 Å². The Hall–Kier alpha value is -0.500. The van der Waals surface area contributed by atoms with Gasteiger partial charge in [-0.15, -0.1) is 0 Å². The van der Waals surface area contributed by atoms with Gasteiger partial charge in [-0.1, -0.05) is 116 Å². The number of rotatable bonds is 28. The Morgan fingerprint density at radius 1 is 0.763 bits per heavy atom. The number of hydrogen-bond donors (Lipinski definition) is 1. The molecule has 0 aliphatic rings. The molecule has 0 amide bonds. The van der Waals surface area contributed by atoms with Gasteiger partial charge in [0.1, 0.15) is 19.3 Å². The minimum atomic E-state index is -4.51. The van der Waals surface area contributed by atoms with E-state index in [4.69, 9.17) is 13.8 Å². The molecule has 0 radical (unpaired) electrons. The van der Waals surface area contributed by atoms with Gasteiger partial charge in [-0.05, 0) is 6.42 Å². The average molecular weight is 566 g/mol. The second-order valence-electron chi connectivity index (χ2n) is 11.6. The standard InChI is InChI=1S/C29H60NO7P/c1-5-6-7-8-9-10-11-12-13-14-15-16-17-18-19-20-21-22-23-29(32)37-28(26-31)27-36-38(33,34)35-25-24-30(2,3)4/h28,31H,5-27H2,1-4H3/t28-/m0/s1. The van der Waals surface area contributed by atoms with E-state index in [0.29, 0.717) is 11.0 Å². The molecule has 228 valence electrons. The molecule has 0 saturated heterocycles. The predicted molar refractivity (Wildman–Crippen MR) is 153 cm³/mol. The van der Waals surface area contributed by atoms with Crippen molar-refractivity contribution in [1.82, 2.24) is 0 Å². The second kappa shape index (κ2) is 24.3. The zero-order chi connectivity index (χ0) is 28.5. The van der Waals surface area contributed by atoms with Crippen molar-refractivity contribution >= 4 is 13.8 Å². The second-order valence-corrected chi connectivity index (χ2v) is 13.1. The number of hydrogen-bond acceptors (Lipinski definition) is 7. The van der Waals surface area contributed by atoms with Crippen LogP contribution >= 0.6 is 7.82 Å². The SMILES string of the molecule is CCCCCCCCCCCCCCCCCCCCC(=O)O[C@@H](CO)COP(=O)([O-])OCC[N+](C)(C)C. The lowest BCUT2D eigenvalue weighted by molar-refractivity contribution is -0.870. The highest BCUT2D eigenvalue weighted by atomic mass is 31.2. The Labute approximate surface area is 234 Å². The molecule has 2 atom stereocenters. The maximum absolute atomic E-state index is 12.0. The number of phosphoric acid groups is 1. The van der Waals surface area contributed by atoms with Crippen LogP contribution in [0.4, 0.5) is 0 Å². The lowest BCUT2D eigenvalue weighted by Gasteiger charge is -2.28. The maximum atomic E-state index is 12.0.